The molecule has 0 spiro atoms. The molecule has 0 aromatic heterocycles. The Labute approximate surface area is 128 Å². The molecule has 0 bridgehead atoms. The largest absolute Gasteiger partial charge is 0.398 e. The molecule has 4 nitrogen and oxygen atoms in total. The van der Waals surface area contributed by atoms with Crippen LogP contribution in [0, 0.1) is 25.7 Å². The van der Waals surface area contributed by atoms with Crippen molar-refractivity contribution in [2.75, 3.05) is 12.3 Å². The molecule has 1 aliphatic carbocycles. The lowest BCUT2D eigenvalue weighted by atomic mass is 9.81. The van der Waals surface area contributed by atoms with E-state index in [0.717, 1.165) is 17.5 Å². The van der Waals surface area contributed by atoms with Gasteiger partial charge in [0.2, 0.25) is 10.0 Å². The molecule has 1 saturated carbocycles. The van der Waals surface area contributed by atoms with Crippen molar-refractivity contribution in [3.05, 3.63) is 23.3 Å². The van der Waals surface area contributed by atoms with Crippen molar-refractivity contribution in [1.82, 2.24) is 4.72 Å². The van der Waals surface area contributed by atoms with Gasteiger partial charge in [0.25, 0.3) is 0 Å². The Morgan fingerprint density at radius 2 is 1.90 bits per heavy atom. The van der Waals surface area contributed by atoms with Crippen molar-refractivity contribution < 1.29 is 8.42 Å². The van der Waals surface area contributed by atoms with Gasteiger partial charge in [-0.2, -0.15) is 0 Å². The summed E-state index contributed by atoms with van der Waals surface area (Å²) >= 11 is 0. The highest BCUT2D eigenvalue weighted by atomic mass is 32.2. The van der Waals surface area contributed by atoms with E-state index in [-0.39, 0.29) is 4.90 Å². The number of aryl methyl sites for hydroxylation is 1. The number of rotatable bonds is 4. The lowest BCUT2D eigenvalue weighted by Crippen LogP contribution is -2.33. The number of anilines is 1. The van der Waals surface area contributed by atoms with Crippen LogP contribution >= 0.6 is 0 Å². The van der Waals surface area contributed by atoms with Gasteiger partial charge in [0.1, 0.15) is 0 Å². The van der Waals surface area contributed by atoms with Crippen molar-refractivity contribution in [2.24, 2.45) is 11.8 Å². The van der Waals surface area contributed by atoms with E-state index in [2.05, 4.69) is 11.6 Å². The first-order valence-electron chi connectivity index (χ1n) is 7.67. The van der Waals surface area contributed by atoms with Crippen molar-refractivity contribution >= 4 is 15.7 Å². The number of hydrogen-bond donors (Lipinski definition) is 2. The SMILES string of the molecule is Cc1cc(S(=O)(=O)NCC2CCCCC2C)cc(N)c1C. The maximum atomic E-state index is 12.4. The Hall–Kier alpha value is -1.07. The van der Waals surface area contributed by atoms with Crippen LogP contribution in [0.1, 0.15) is 43.7 Å². The summed E-state index contributed by atoms with van der Waals surface area (Å²) in [7, 11) is -3.47. The van der Waals surface area contributed by atoms with E-state index in [0.29, 0.717) is 24.1 Å². The van der Waals surface area contributed by atoms with Crippen molar-refractivity contribution in [1.29, 1.82) is 0 Å². The summed E-state index contributed by atoms with van der Waals surface area (Å²) in [6, 6.07) is 3.24. The van der Waals surface area contributed by atoms with Gasteiger partial charge in [-0.25, -0.2) is 13.1 Å². The summed E-state index contributed by atoms with van der Waals surface area (Å²) in [6.45, 7) is 6.52. The highest BCUT2D eigenvalue weighted by Gasteiger charge is 2.24. The number of nitrogens with two attached hydrogens (primary N) is 1. The van der Waals surface area contributed by atoms with Gasteiger partial charge in [-0.3, -0.25) is 0 Å². The van der Waals surface area contributed by atoms with Crippen LogP contribution in [-0.2, 0) is 10.0 Å². The first kappa shape index (κ1) is 16.3. The Morgan fingerprint density at radius 1 is 1.24 bits per heavy atom. The van der Waals surface area contributed by atoms with Gasteiger partial charge in [0, 0.05) is 12.2 Å². The Kier molecular flexibility index (Phi) is 4.94. The predicted molar refractivity (Wildman–Crippen MR) is 86.6 cm³/mol. The molecule has 0 amide bonds. The quantitative estimate of drug-likeness (QED) is 0.840. The normalized spacial score (nSPS) is 23.2. The van der Waals surface area contributed by atoms with Crippen molar-refractivity contribution in [2.45, 2.75) is 51.3 Å². The van der Waals surface area contributed by atoms with Crippen molar-refractivity contribution in [3.63, 3.8) is 0 Å². The van der Waals surface area contributed by atoms with E-state index >= 15 is 0 Å². The van der Waals surface area contributed by atoms with Crippen LogP contribution < -0.4 is 10.5 Å². The Bertz CT molecular complexity index is 588. The molecular weight excluding hydrogens is 284 g/mol. The molecule has 21 heavy (non-hydrogen) atoms. The summed E-state index contributed by atoms with van der Waals surface area (Å²) in [4.78, 5) is 0.270. The third-order valence-electron chi connectivity index (χ3n) is 4.82. The maximum Gasteiger partial charge on any atom is 0.240 e. The molecular formula is C16H26N2O2S. The van der Waals surface area contributed by atoms with Gasteiger partial charge in [0.15, 0.2) is 0 Å². The van der Waals surface area contributed by atoms with Crippen LogP contribution in [0.25, 0.3) is 0 Å². The highest BCUT2D eigenvalue weighted by Crippen LogP contribution is 2.29. The fourth-order valence-electron chi connectivity index (χ4n) is 3.00. The molecule has 5 heteroatoms. The summed E-state index contributed by atoms with van der Waals surface area (Å²) in [6.07, 6.45) is 4.77. The lowest BCUT2D eigenvalue weighted by Gasteiger charge is -2.28. The van der Waals surface area contributed by atoms with E-state index in [4.69, 9.17) is 5.73 Å². The fraction of sp³-hybridized carbons (Fsp3) is 0.625. The van der Waals surface area contributed by atoms with Crippen molar-refractivity contribution in [3.8, 4) is 0 Å². The summed E-state index contributed by atoms with van der Waals surface area (Å²) in [5, 5.41) is 0. The molecule has 2 rings (SSSR count). The van der Waals surface area contributed by atoms with Crippen LogP contribution in [0.5, 0.6) is 0 Å². The van der Waals surface area contributed by atoms with E-state index in [1.165, 1.54) is 19.3 Å². The zero-order chi connectivity index (χ0) is 15.6. The predicted octanol–water partition coefficient (Wildman–Crippen LogP) is 2.99. The molecule has 0 radical (unpaired) electrons. The molecule has 3 N–H and O–H groups in total. The first-order chi connectivity index (χ1) is 9.81. The minimum Gasteiger partial charge on any atom is -0.398 e. The van der Waals surface area contributed by atoms with Gasteiger partial charge in [-0.05, 0) is 55.4 Å². The second-order valence-corrected chi connectivity index (χ2v) is 8.10. The Morgan fingerprint density at radius 3 is 2.52 bits per heavy atom. The summed E-state index contributed by atoms with van der Waals surface area (Å²) < 4.78 is 27.6. The Balaban J connectivity index is 2.11. The number of nitrogen functional groups attached to an aromatic ring is 1. The minimum absolute atomic E-state index is 0.270. The smallest absolute Gasteiger partial charge is 0.240 e. The van der Waals surface area contributed by atoms with Crippen LogP contribution in [0.3, 0.4) is 0 Å². The van der Waals surface area contributed by atoms with Crippen LogP contribution in [-0.4, -0.2) is 15.0 Å². The van der Waals surface area contributed by atoms with Gasteiger partial charge in [-0.15, -0.1) is 0 Å². The molecule has 1 fully saturated rings. The van der Waals surface area contributed by atoms with E-state index in [1.54, 1.807) is 12.1 Å². The number of sulfonamides is 1. The standard InChI is InChI=1S/C16H26N2O2S/c1-11-6-4-5-7-14(11)10-18-21(19,20)15-8-12(2)13(3)16(17)9-15/h8-9,11,14,18H,4-7,10,17H2,1-3H3. The maximum absolute atomic E-state index is 12.4. The molecule has 2 atom stereocenters. The molecule has 0 aliphatic heterocycles. The minimum atomic E-state index is -3.47. The number of benzene rings is 1. The van der Waals surface area contributed by atoms with Crippen LogP contribution in [0.4, 0.5) is 5.69 Å². The van der Waals surface area contributed by atoms with Gasteiger partial charge in [0.05, 0.1) is 4.90 Å². The third kappa shape index (κ3) is 3.77. The highest BCUT2D eigenvalue weighted by molar-refractivity contribution is 7.89. The van der Waals surface area contributed by atoms with E-state index in [9.17, 15) is 8.42 Å². The van der Waals surface area contributed by atoms with Gasteiger partial charge < -0.3 is 5.73 Å². The summed E-state index contributed by atoms with van der Waals surface area (Å²) in [5.41, 5.74) is 8.26. The van der Waals surface area contributed by atoms with Gasteiger partial charge >= 0.3 is 0 Å². The lowest BCUT2D eigenvalue weighted by molar-refractivity contribution is 0.257. The second kappa shape index (κ2) is 6.36. The molecule has 2 unspecified atom stereocenters. The molecule has 1 aromatic carbocycles. The molecule has 118 valence electrons. The zero-order valence-electron chi connectivity index (χ0n) is 13.1. The number of nitrogens with one attached hydrogen (secondary N) is 1. The molecule has 0 saturated heterocycles. The molecule has 0 heterocycles. The molecule has 1 aliphatic rings. The molecule has 1 aromatic rings. The van der Waals surface area contributed by atoms with E-state index in [1.807, 2.05) is 13.8 Å². The second-order valence-electron chi connectivity index (χ2n) is 6.33. The average molecular weight is 310 g/mol. The fourth-order valence-corrected chi connectivity index (χ4v) is 4.22. The van der Waals surface area contributed by atoms with Gasteiger partial charge in [-0.1, -0.05) is 26.2 Å². The first-order valence-corrected chi connectivity index (χ1v) is 9.16. The number of hydrogen-bond acceptors (Lipinski definition) is 3. The third-order valence-corrected chi connectivity index (χ3v) is 6.22. The van der Waals surface area contributed by atoms with E-state index < -0.39 is 10.0 Å². The zero-order valence-corrected chi connectivity index (χ0v) is 14.0. The summed E-state index contributed by atoms with van der Waals surface area (Å²) in [5.74, 6) is 1.03. The monoisotopic (exact) mass is 310 g/mol. The topological polar surface area (TPSA) is 72.2 Å². The van der Waals surface area contributed by atoms with Crippen LogP contribution in [0.15, 0.2) is 17.0 Å². The van der Waals surface area contributed by atoms with Crippen LogP contribution in [0.2, 0.25) is 0 Å². The average Bonchev–Trinajstić information content (AvgIpc) is 2.43.